The Morgan fingerprint density at radius 1 is 1.00 bits per heavy atom. The molecular weight excluding hydrogens is 338 g/mol. The first-order valence-corrected chi connectivity index (χ1v) is 8.68. The maximum atomic E-state index is 12.7. The smallest absolute Gasteiger partial charge is 0.224 e. The monoisotopic (exact) mass is 362 g/mol. The molecule has 2 rings (SSSR count). The van der Waals surface area contributed by atoms with Crippen molar-refractivity contribution in [3.05, 3.63) is 54.1 Å². The molecule has 0 fully saturated rings. The van der Waals surface area contributed by atoms with Crippen LogP contribution in [0.5, 0.6) is 5.75 Å². The van der Waals surface area contributed by atoms with Crippen LogP contribution in [0.2, 0.25) is 0 Å². The van der Waals surface area contributed by atoms with Gasteiger partial charge in [-0.3, -0.25) is 4.79 Å². The Morgan fingerprint density at radius 3 is 2.31 bits per heavy atom. The molecule has 0 spiro atoms. The number of aromatic hydroxyl groups is 1. The lowest BCUT2D eigenvalue weighted by molar-refractivity contribution is -0.116. The molecule has 0 aliphatic carbocycles. The van der Waals surface area contributed by atoms with Crippen LogP contribution in [-0.4, -0.2) is 23.9 Å². The summed E-state index contributed by atoms with van der Waals surface area (Å²) < 4.78 is 24.7. The molecular formula is C20H24F2N2O2. The highest BCUT2D eigenvalue weighted by atomic mass is 19.2. The van der Waals surface area contributed by atoms with E-state index in [1.54, 1.807) is 24.3 Å². The second-order valence-electron chi connectivity index (χ2n) is 6.14. The third-order valence-electron chi connectivity index (χ3n) is 3.94. The van der Waals surface area contributed by atoms with Crippen molar-refractivity contribution < 1.29 is 18.7 Å². The van der Waals surface area contributed by atoms with Crippen LogP contribution in [0.1, 0.15) is 31.2 Å². The molecule has 2 aromatic rings. The highest BCUT2D eigenvalue weighted by Gasteiger charge is 2.07. The van der Waals surface area contributed by atoms with Gasteiger partial charge in [0.05, 0.1) is 0 Å². The zero-order chi connectivity index (χ0) is 18.8. The fourth-order valence-corrected chi connectivity index (χ4v) is 2.44. The molecule has 0 aliphatic heterocycles. The standard InChI is InChI=1S/C20H24F2N2O2/c21-13-16(22)3-1-2-4-20(26)24-18-9-7-17(8-10-18)23-14-15-5-11-19(25)12-6-15/h5-12,16,23,25H,1-4,13-14H2,(H,24,26)/t16-/m0/s1. The van der Waals surface area contributed by atoms with Gasteiger partial charge < -0.3 is 15.7 Å². The zero-order valence-corrected chi connectivity index (χ0v) is 14.6. The van der Waals surface area contributed by atoms with Crippen molar-refractivity contribution in [1.82, 2.24) is 0 Å². The van der Waals surface area contributed by atoms with Gasteiger partial charge in [-0.1, -0.05) is 12.1 Å². The number of phenolic OH excluding ortho intramolecular Hbond substituents is 1. The molecule has 140 valence electrons. The molecule has 0 unspecified atom stereocenters. The van der Waals surface area contributed by atoms with Crippen LogP contribution in [0.3, 0.4) is 0 Å². The van der Waals surface area contributed by atoms with Crippen molar-refractivity contribution in [3.8, 4) is 5.75 Å². The van der Waals surface area contributed by atoms with Crippen LogP contribution in [-0.2, 0) is 11.3 Å². The summed E-state index contributed by atoms with van der Waals surface area (Å²) in [5.74, 6) is 0.103. The number of halogens is 2. The van der Waals surface area contributed by atoms with Gasteiger partial charge in [0.2, 0.25) is 5.91 Å². The minimum atomic E-state index is -1.42. The summed E-state index contributed by atoms with van der Waals surface area (Å²) in [5.41, 5.74) is 2.65. The van der Waals surface area contributed by atoms with Gasteiger partial charge in [0.1, 0.15) is 18.6 Å². The largest absolute Gasteiger partial charge is 0.508 e. The third-order valence-corrected chi connectivity index (χ3v) is 3.94. The van der Waals surface area contributed by atoms with Gasteiger partial charge >= 0.3 is 0 Å². The average Bonchev–Trinajstić information content (AvgIpc) is 2.65. The van der Waals surface area contributed by atoms with E-state index in [0.717, 1.165) is 11.3 Å². The van der Waals surface area contributed by atoms with Gasteiger partial charge in [-0.15, -0.1) is 0 Å². The molecule has 2 aromatic carbocycles. The van der Waals surface area contributed by atoms with Gasteiger partial charge in [-0.2, -0.15) is 0 Å². The van der Waals surface area contributed by atoms with Crippen LogP contribution in [0.25, 0.3) is 0 Å². The SMILES string of the molecule is O=C(CCCC[C@H](F)CF)Nc1ccc(NCc2ccc(O)cc2)cc1. The average molecular weight is 362 g/mol. The van der Waals surface area contributed by atoms with E-state index in [9.17, 15) is 18.7 Å². The van der Waals surface area contributed by atoms with E-state index in [1.807, 2.05) is 24.3 Å². The maximum absolute atomic E-state index is 12.7. The molecule has 0 saturated heterocycles. The van der Waals surface area contributed by atoms with E-state index in [4.69, 9.17) is 0 Å². The molecule has 6 heteroatoms. The van der Waals surface area contributed by atoms with E-state index in [-0.39, 0.29) is 18.1 Å². The van der Waals surface area contributed by atoms with Crippen molar-refractivity contribution >= 4 is 17.3 Å². The highest BCUT2D eigenvalue weighted by Crippen LogP contribution is 2.16. The topological polar surface area (TPSA) is 61.4 Å². The molecule has 1 atom stereocenters. The number of alkyl halides is 2. The summed E-state index contributed by atoms with van der Waals surface area (Å²) in [5, 5.41) is 15.3. The first-order valence-electron chi connectivity index (χ1n) is 8.68. The summed E-state index contributed by atoms with van der Waals surface area (Å²) >= 11 is 0. The van der Waals surface area contributed by atoms with Crippen molar-refractivity contribution in [3.63, 3.8) is 0 Å². The van der Waals surface area contributed by atoms with E-state index in [2.05, 4.69) is 10.6 Å². The molecule has 0 aliphatic rings. The number of phenols is 1. The minimum absolute atomic E-state index is 0.134. The van der Waals surface area contributed by atoms with E-state index < -0.39 is 12.8 Å². The molecule has 0 aromatic heterocycles. The number of carbonyl (C=O) groups excluding carboxylic acids is 1. The van der Waals surface area contributed by atoms with Crippen LogP contribution < -0.4 is 10.6 Å². The van der Waals surface area contributed by atoms with Gasteiger partial charge in [0.15, 0.2) is 0 Å². The van der Waals surface area contributed by atoms with E-state index >= 15 is 0 Å². The zero-order valence-electron chi connectivity index (χ0n) is 14.6. The van der Waals surface area contributed by atoms with Crippen molar-refractivity contribution in [1.29, 1.82) is 0 Å². The number of carbonyl (C=O) groups is 1. The second-order valence-corrected chi connectivity index (χ2v) is 6.14. The minimum Gasteiger partial charge on any atom is -0.508 e. The number of hydrogen-bond donors (Lipinski definition) is 3. The quantitative estimate of drug-likeness (QED) is 0.532. The molecule has 4 nitrogen and oxygen atoms in total. The molecule has 0 saturated carbocycles. The number of anilines is 2. The summed E-state index contributed by atoms with van der Waals surface area (Å²) in [6, 6.07) is 14.3. The Kier molecular flexibility index (Phi) is 7.86. The molecule has 1 amide bonds. The first kappa shape index (κ1) is 19.7. The molecule has 3 N–H and O–H groups in total. The van der Waals surface area contributed by atoms with Gasteiger partial charge in [-0.05, 0) is 61.2 Å². The predicted molar refractivity (Wildman–Crippen MR) is 99.8 cm³/mol. The Balaban J connectivity index is 1.71. The predicted octanol–water partition coefficient (Wildman–Crippen LogP) is 4.81. The van der Waals surface area contributed by atoms with Gasteiger partial charge in [-0.25, -0.2) is 8.78 Å². The summed E-state index contributed by atoms with van der Waals surface area (Å²) in [7, 11) is 0. The number of nitrogens with one attached hydrogen (secondary N) is 2. The third kappa shape index (κ3) is 7.09. The van der Waals surface area contributed by atoms with Gasteiger partial charge in [0, 0.05) is 24.3 Å². The fraction of sp³-hybridized carbons (Fsp3) is 0.350. The van der Waals surface area contributed by atoms with Crippen LogP contribution in [0.4, 0.5) is 20.2 Å². The van der Waals surface area contributed by atoms with E-state index in [0.29, 0.717) is 31.5 Å². The number of hydrogen-bond acceptors (Lipinski definition) is 3. The van der Waals surface area contributed by atoms with E-state index in [1.165, 1.54) is 0 Å². The summed E-state index contributed by atoms with van der Waals surface area (Å²) in [4.78, 5) is 11.8. The Labute approximate surface area is 152 Å². The second kappa shape index (κ2) is 10.4. The van der Waals surface area contributed by atoms with Crippen LogP contribution in [0.15, 0.2) is 48.5 Å². The number of rotatable bonds is 10. The lowest BCUT2D eigenvalue weighted by Gasteiger charge is -2.09. The van der Waals surface area contributed by atoms with Crippen molar-refractivity contribution in [2.75, 3.05) is 17.3 Å². The van der Waals surface area contributed by atoms with Crippen LogP contribution >= 0.6 is 0 Å². The lowest BCUT2D eigenvalue weighted by atomic mass is 10.1. The normalized spacial score (nSPS) is 11.8. The van der Waals surface area contributed by atoms with Crippen LogP contribution in [0, 0.1) is 0 Å². The van der Waals surface area contributed by atoms with Gasteiger partial charge in [0.25, 0.3) is 0 Å². The number of amides is 1. The maximum Gasteiger partial charge on any atom is 0.224 e. The number of unbranched alkanes of at least 4 members (excludes halogenated alkanes) is 1. The van der Waals surface area contributed by atoms with Crippen molar-refractivity contribution in [2.24, 2.45) is 0 Å². The summed E-state index contributed by atoms with van der Waals surface area (Å²) in [6.07, 6.45) is 0.0713. The Bertz CT molecular complexity index is 675. The molecule has 0 heterocycles. The molecule has 0 radical (unpaired) electrons. The molecule has 26 heavy (non-hydrogen) atoms. The van der Waals surface area contributed by atoms with Crippen molar-refractivity contribution in [2.45, 2.75) is 38.4 Å². The first-order chi connectivity index (χ1) is 12.6. The number of benzene rings is 2. The Morgan fingerprint density at radius 2 is 1.65 bits per heavy atom. The fourth-order valence-electron chi connectivity index (χ4n) is 2.44. The molecule has 0 bridgehead atoms. The Hall–Kier alpha value is -2.63. The lowest BCUT2D eigenvalue weighted by Crippen LogP contribution is -2.11. The highest BCUT2D eigenvalue weighted by molar-refractivity contribution is 5.90. The summed E-state index contributed by atoms with van der Waals surface area (Å²) in [6.45, 7) is -0.334.